The first-order valence-electron chi connectivity index (χ1n) is 4.96. The lowest BCUT2D eigenvalue weighted by molar-refractivity contribution is -0.121. The third-order valence-corrected chi connectivity index (χ3v) is 2.71. The normalized spacial score (nSPS) is 9.88. The molecule has 0 radical (unpaired) electrons. The van der Waals surface area contributed by atoms with Gasteiger partial charge in [0.05, 0.1) is 13.7 Å². The van der Waals surface area contributed by atoms with Gasteiger partial charge >= 0.3 is 5.97 Å². The van der Waals surface area contributed by atoms with Gasteiger partial charge < -0.3 is 10.1 Å². The fourth-order valence-electron chi connectivity index (χ4n) is 1.08. The Morgan fingerprint density at radius 1 is 1.56 bits per heavy atom. The van der Waals surface area contributed by atoms with Gasteiger partial charge in [0.15, 0.2) is 5.69 Å². The van der Waals surface area contributed by atoms with Crippen molar-refractivity contribution in [1.82, 2.24) is 10.3 Å². The average molecular weight is 242 g/mol. The standard InChI is InChI=1S/C10H14N2O3S/c1-3-4-8(13)11-5-9-12-7(6-16-9)10(14)15-2/h6H,3-5H2,1-2H3,(H,11,13). The number of amides is 1. The SMILES string of the molecule is CCCC(=O)NCc1nc(C(=O)OC)cs1. The summed E-state index contributed by atoms with van der Waals surface area (Å²) in [4.78, 5) is 26.3. The van der Waals surface area contributed by atoms with Crippen LogP contribution in [0, 0.1) is 0 Å². The fourth-order valence-corrected chi connectivity index (χ4v) is 1.78. The number of nitrogens with zero attached hydrogens (tertiary/aromatic N) is 1. The van der Waals surface area contributed by atoms with Crippen molar-refractivity contribution in [3.05, 3.63) is 16.1 Å². The van der Waals surface area contributed by atoms with Crippen molar-refractivity contribution in [3.8, 4) is 0 Å². The van der Waals surface area contributed by atoms with Gasteiger partial charge in [0.25, 0.3) is 0 Å². The Hall–Kier alpha value is -1.43. The third-order valence-electron chi connectivity index (χ3n) is 1.86. The monoisotopic (exact) mass is 242 g/mol. The molecule has 1 N–H and O–H groups in total. The Morgan fingerprint density at radius 3 is 2.94 bits per heavy atom. The Balaban J connectivity index is 2.46. The summed E-state index contributed by atoms with van der Waals surface area (Å²) in [5.41, 5.74) is 0.284. The molecule has 0 saturated heterocycles. The van der Waals surface area contributed by atoms with E-state index in [9.17, 15) is 9.59 Å². The summed E-state index contributed by atoms with van der Waals surface area (Å²) in [6.45, 7) is 2.30. The zero-order valence-corrected chi connectivity index (χ0v) is 10.1. The Labute approximate surface area is 97.8 Å². The van der Waals surface area contributed by atoms with Crippen molar-refractivity contribution in [2.75, 3.05) is 7.11 Å². The minimum atomic E-state index is -0.456. The van der Waals surface area contributed by atoms with Crippen molar-refractivity contribution in [2.24, 2.45) is 0 Å². The van der Waals surface area contributed by atoms with E-state index in [1.165, 1.54) is 18.4 Å². The molecule has 0 spiro atoms. The van der Waals surface area contributed by atoms with Crippen LogP contribution in [0.5, 0.6) is 0 Å². The number of rotatable bonds is 5. The number of hydrogen-bond acceptors (Lipinski definition) is 5. The van der Waals surface area contributed by atoms with E-state index in [4.69, 9.17) is 0 Å². The number of aromatic nitrogens is 1. The molecule has 0 aliphatic carbocycles. The van der Waals surface area contributed by atoms with E-state index < -0.39 is 5.97 Å². The van der Waals surface area contributed by atoms with Crippen LogP contribution in [-0.2, 0) is 16.1 Å². The van der Waals surface area contributed by atoms with E-state index in [-0.39, 0.29) is 11.6 Å². The molecule has 1 rings (SSSR count). The van der Waals surface area contributed by atoms with E-state index in [0.717, 1.165) is 6.42 Å². The third kappa shape index (κ3) is 3.62. The molecule has 0 saturated carbocycles. The molecule has 5 nitrogen and oxygen atoms in total. The van der Waals surface area contributed by atoms with Crippen LogP contribution in [0.2, 0.25) is 0 Å². The molecule has 16 heavy (non-hydrogen) atoms. The van der Waals surface area contributed by atoms with Crippen LogP contribution in [0.25, 0.3) is 0 Å². The van der Waals surface area contributed by atoms with E-state index in [0.29, 0.717) is 18.0 Å². The second kappa shape index (κ2) is 6.22. The summed E-state index contributed by atoms with van der Waals surface area (Å²) < 4.78 is 4.53. The highest BCUT2D eigenvalue weighted by Gasteiger charge is 2.10. The van der Waals surface area contributed by atoms with Crippen LogP contribution in [-0.4, -0.2) is 24.0 Å². The van der Waals surface area contributed by atoms with Crippen molar-refractivity contribution in [1.29, 1.82) is 0 Å². The Bertz CT molecular complexity index is 376. The highest BCUT2D eigenvalue weighted by atomic mass is 32.1. The molecule has 6 heteroatoms. The minimum absolute atomic E-state index is 0.00248. The summed E-state index contributed by atoms with van der Waals surface area (Å²) in [5.74, 6) is -0.459. The first kappa shape index (κ1) is 12.6. The highest BCUT2D eigenvalue weighted by Crippen LogP contribution is 2.10. The molecule has 1 aromatic heterocycles. The summed E-state index contributed by atoms with van der Waals surface area (Å²) in [7, 11) is 1.31. The average Bonchev–Trinajstić information content (AvgIpc) is 2.74. The predicted molar refractivity (Wildman–Crippen MR) is 60.2 cm³/mol. The molecular formula is C10H14N2O3S. The lowest BCUT2D eigenvalue weighted by atomic mass is 10.3. The lowest BCUT2D eigenvalue weighted by Gasteiger charge is -2.00. The Kier molecular flexibility index (Phi) is 4.91. The van der Waals surface area contributed by atoms with Gasteiger partial charge in [-0.3, -0.25) is 4.79 Å². The van der Waals surface area contributed by atoms with Gasteiger partial charge in [-0.1, -0.05) is 6.92 Å². The molecule has 0 unspecified atom stereocenters. The van der Waals surface area contributed by atoms with Crippen LogP contribution in [0.4, 0.5) is 0 Å². The van der Waals surface area contributed by atoms with Crippen molar-refractivity contribution < 1.29 is 14.3 Å². The number of thiazole rings is 1. The molecule has 0 aromatic carbocycles. The van der Waals surface area contributed by atoms with Gasteiger partial charge in [0.1, 0.15) is 5.01 Å². The molecule has 88 valence electrons. The van der Waals surface area contributed by atoms with E-state index in [2.05, 4.69) is 15.0 Å². The molecule has 0 aliphatic heterocycles. The summed E-state index contributed by atoms with van der Waals surface area (Å²) in [6, 6.07) is 0. The smallest absolute Gasteiger partial charge is 0.357 e. The number of ether oxygens (including phenoxy) is 1. The number of nitrogens with one attached hydrogen (secondary N) is 1. The maximum absolute atomic E-state index is 11.2. The number of carbonyl (C=O) groups is 2. The number of esters is 1. The molecule has 1 aromatic rings. The number of methoxy groups -OCH3 is 1. The van der Waals surface area contributed by atoms with Crippen LogP contribution in [0.3, 0.4) is 0 Å². The highest BCUT2D eigenvalue weighted by molar-refractivity contribution is 7.09. The van der Waals surface area contributed by atoms with E-state index in [1.807, 2.05) is 6.92 Å². The van der Waals surface area contributed by atoms with Gasteiger partial charge in [-0.05, 0) is 6.42 Å². The molecule has 1 amide bonds. The van der Waals surface area contributed by atoms with Gasteiger partial charge in [0, 0.05) is 11.8 Å². The van der Waals surface area contributed by atoms with Crippen LogP contribution in [0.15, 0.2) is 5.38 Å². The van der Waals surface area contributed by atoms with Crippen LogP contribution < -0.4 is 5.32 Å². The van der Waals surface area contributed by atoms with Crippen molar-refractivity contribution >= 4 is 23.2 Å². The topological polar surface area (TPSA) is 68.3 Å². The van der Waals surface area contributed by atoms with Crippen molar-refractivity contribution in [3.63, 3.8) is 0 Å². The lowest BCUT2D eigenvalue weighted by Crippen LogP contribution is -2.22. The summed E-state index contributed by atoms with van der Waals surface area (Å²) >= 11 is 1.33. The first-order chi connectivity index (χ1) is 7.67. The largest absolute Gasteiger partial charge is 0.464 e. The fraction of sp³-hybridized carbons (Fsp3) is 0.500. The maximum Gasteiger partial charge on any atom is 0.357 e. The van der Waals surface area contributed by atoms with Crippen LogP contribution in [0.1, 0.15) is 35.3 Å². The van der Waals surface area contributed by atoms with Gasteiger partial charge in [0.2, 0.25) is 5.91 Å². The molecule has 1 heterocycles. The molecular weight excluding hydrogens is 228 g/mol. The summed E-state index contributed by atoms with van der Waals surface area (Å²) in [6.07, 6.45) is 1.33. The predicted octanol–water partition coefficient (Wildman–Crippen LogP) is 1.35. The van der Waals surface area contributed by atoms with E-state index >= 15 is 0 Å². The van der Waals surface area contributed by atoms with Gasteiger partial charge in [-0.25, -0.2) is 9.78 Å². The van der Waals surface area contributed by atoms with Crippen LogP contribution >= 0.6 is 11.3 Å². The number of hydrogen-bond donors (Lipinski definition) is 1. The minimum Gasteiger partial charge on any atom is -0.464 e. The molecule has 0 aliphatic rings. The van der Waals surface area contributed by atoms with Gasteiger partial charge in [-0.15, -0.1) is 11.3 Å². The van der Waals surface area contributed by atoms with Crippen molar-refractivity contribution in [2.45, 2.75) is 26.3 Å². The maximum atomic E-state index is 11.2. The second-order valence-corrected chi connectivity index (χ2v) is 4.09. The Morgan fingerprint density at radius 2 is 2.31 bits per heavy atom. The molecule has 0 fully saturated rings. The second-order valence-electron chi connectivity index (χ2n) is 3.14. The number of carbonyl (C=O) groups excluding carboxylic acids is 2. The zero-order valence-electron chi connectivity index (χ0n) is 9.28. The van der Waals surface area contributed by atoms with Gasteiger partial charge in [-0.2, -0.15) is 0 Å². The first-order valence-corrected chi connectivity index (χ1v) is 5.84. The zero-order chi connectivity index (χ0) is 12.0. The quantitative estimate of drug-likeness (QED) is 0.791. The molecule has 0 bridgehead atoms. The molecule has 0 atom stereocenters. The van der Waals surface area contributed by atoms with E-state index in [1.54, 1.807) is 5.38 Å². The summed E-state index contributed by atoms with van der Waals surface area (Å²) in [5, 5.41) is 5.04.